The van der Waals surface area contributed by atoms with Crippen molar-refractivity contribution in [2.45, 2.75) is 38.5 Å². The lowest BCUT2D eigenvalue weighted by Gasteiger charge is -2.27. The van der Waals surface area contributed by atoms with Crippen molar-refractivity contribution in [2.75, 3.05) is 14.2 Å². The molecular formula is C26H32N4O6. The Kier molecular flexibility index (Phi) is 9.67. The van der Waals surface area contributed by atoms with Gasteiger partial charge >= 0.3 is 0 Å². The van der Waals surface area contributed by atoms with Crippen LogP contribution in [0.3, 0.4) is 0 Å². The predicted molar refractivity (Wildman–Crippen MR) is 131 cm³/mol. The number of hydrazine groups is 2. The van der Waals surface area contributed by atoms with Gasteiger partial charge in [0.2, 0.25) is 23.6 Å². The Morgan fingerprint density at radius 3 is 1.25 bits per heavy atom. The van der Waals surface area contributed by atoms with E-state index in [4.69, 9.17) is 9.47 Å². The fourth-order valence-electron chi connectivity index (χ4n) is 4.03. The van der Waals surface area contributed by atoms with Crippen molar-refractivity contribution in [3.05, 3.63) is 59.7 Å². The van der Waals surface area contributed by atoms with Gasteiger partial charge in [0, 0.05) is 11.8 Å². The van der Waals surface area contributed by atoms with Crippen LogP contribution < -0.4 is 31.2 Å². The Bertz CT molecular complexity index is 962. The SMILES string of the molecule is COc1ccc(CC(=O)NNC(=O)C2CCC(C(=O)NNC(=O)Cc3ccc(OC)cc3)CC2)cc1. The molecule has 4 N–H and O–H groups in total. The molecule has 2 aromatic rings. The zero-order valence-corrected chi connectivity index (χ0v) is 20.5. The van der Waals surface area contributed by atoms with Crippen LogP contribution in [0.1, 0.15) is 36.8 Å². The molecule has 0 unspecified atom stereocenters. The first kappa shape index (κ1) is 26.5. The molecule has 4 amide bonds. The minimum Gasteiger partial charge on any atom is -0.497 e. The number of carbonyl (C=O) groups excluding carboxylic acids is 4. The molecule has 0 spiro atoms. The van der Waals surface area contributed by atoms with Crippen molar-refractivity contribution in [1.82, 2.24) is 21.7 Å². The summed E-state index contributed by atoms with van der Waals surface area (Å²) in [6.45, 7) is 0. The monoisotopic (exact) mass is 496 g/mol. The van der Waals surface area contributed by atoms with Crippen molar-refractivity contribution in [3.8, 4) is 11.5 Å². The van der Waals surface area contributed by atoms with Crippen LogP contribution in [-0.2, 0) is 32.0 Å². The highest BCUT2D eigenvalue weighted by Gasteiger charge is 2.30. The van der Waals surface area contributed by atoms with Gasteiger partial charge in [-0.25, -0.2) is 0 Å². The number of rotatable bonds is 8. The molecule has 0 bridgehead atoms. The van der Waals surface area contributed by atoms with Gasteiger partial charge in [-0.1, -0.05) is 24.3 Å². The molecule has 1 aliphatic carbocycles. The maximum Gasteiger partial charge on any atom is 0.242 e. The Labute approximate surface area is 210 Å². The van der Waals surface area contributed by atoms with Gasteiger partial charge in [0.25, 0.3) is 0 Å². The number of amides is 4. The summed E-state index contributed by atoms with van der Waals surface area (Å²) in [6.07, 6.45) is 2.30. The zero-order valence-electron chi connectivity index (χ0n) is 20.5. The highest BCUT2D eigenvalue weighted by molar-refractivity contribution is 5.86. The second kappa shape index (κ2) is 13.1. The smallest absolute Gasteiger partial charge is 0.242 e. The van der Waals surface area contributed by atoms with Crippen molar-refractivity contribution < 1.29 is 28.7 Å². The van der Waals surface area contributed by atoms with E-state index >= 15 is 0 Å². The molecule has 10 heteroatoms. The third-order valence-electron chi connectivity index (χ3n) is 6.17. The van der Waals surface area contributed by atoms with E-state index in [1.807, 2.05) is 0 Å². The Morgan fingerprint density at radius 2 is 0.944 bits per heavy atom. The van der Waals surface area contributed by atoms with Crippen LogP contribution >= 0.6 is 0 Å². The molecular weight excluding hydrogens is 464 g/mol. The minimum atomic E-state index is -0.327. The van der Waals surface area contributed by atoms with Crippen LogP contribution in [0.2, 0.25) is 0 Å². The third-order valence-corrected chi connectivity index (χ3v) is 6.17. The van der Waals surface area contributed by atoms with Gasteiger partial charge in [-0.3, -0.25) is 40.9 Å². The lowest BCUT2D eigenvalue weighted by atomic mass is 9.81. The van der Waals surface area contributed by atoms with Gasteiger partial charge in [-0.15, -0.1) is 0 Å². The molecule has 2 aromatic carbocycles. The lowest BCUT2D eigenvalue weighted by Crippen LogP contribution is -2.48. The van der Waals surface area contributed by atoms with E-state index < -0.39 is 0 Å². The Hall–Kier alpha value is -4.08. The first-order valence-corrected chi connectivity index (χ1v) is 11.8. The van der Waals surface area contributed by atoms with Crippen LogP contribution in [0.5, 0.6) is 11.5 Å². The summed E-state index contributed by atoms with van der Waals surface area (Å²) in [6, 6.07) is 14.2. The summed E-state index contributed by atoms with van der Waals surface area (Å²) in [4.78, 5) is 49.1. The molecule has 1 fully saturated rings. The number of benzene rings is 2. The molecule has 0 saturated heterocycles. The van der Waals surface area contributed by atoms with Crippen LogP contribution in [-0.4, -0.2) is 37.8 Å². The Morgan fingerprint density at radius 1 is 0.611 bits per heavy atom. The van der Waals surface area contributed by atoms with Crippen LogP contribution in [0.15, 0.2) is 48.5 Å². The molecule has 0 radical (unpaired) electrons. The average molecular weight is 497 g/mol. The van der Waals surface area contributed by atoms with E-state index in [9.17, 15) is 19.2 Å². The first-order valence-electron chi connectivity index (χ1n) is 11.8. The largest absolute Gasteiger partial charge is 0.497 e. The second-order valence-corrected chi connectivity index (χ2v) is 8.67. The highest BCUT2D eigenvalue weighted by Crippen LogP contribution is 2.28. The molecule has 0 atom stereocenters. The van der Waals surface area contributed by atoms with E-state index in [1.54, 1.807) is 62.8 Å². The topological polar surface area (TPSA) is 135 Å². The van der Waals surface area contributed by atoms with Crippen molar-refractivity contribution in [2.24, 2.45) is 11.8 Å². The zero-order chi connectivity index (χ0) is 25.9. The van der Waals surface area contributed by atoms with E-state index in [1.165, 1.54) is 0 Å². The third kappa shape index (κ3) is 8.00. The van der Waals surface area contributed by atoms with Gasteiger partial charge < -0.3 is 9.47 Å². The molecule has 1 saturated carbocycles. The van der Waals surface area contributed by atoms with E-state index in [0.717, 1.165) is 11.1 Å². The number of carbonyl (C=O) groups is 4. The number of nitrogens with one attached hydrogen (secondary N) is 4. The van der Waals surface area contributed by atoms with Crippen LogP contribution in [0.4, 0.5) is 0 Å². The van der Waals surface area contributed by atoms with Crippen LogP contribution in [0, 0.1) is 11.8 Å². The number of methoxy groups -OCH3 is 2. The lowest BCUT2D eigenvalue weighted by molar-refractivity contribution is -0.134. The number of hydrogen-bond donors (Lipinski definition) is 4. The molecule has 3 rings (SSSR count). The normalized spacial score (nSPS) is 16.8. The molecule has 0 aliphatic heterocycles. The fourth-order valence-corrected chi connectivity index (χ4v) is 4.03. The molecule has 1 aliphatic rings. The first-order chi connectivity index (χ1) is 17.4. The molecule has 36 heavy (non-hydrogen) atoms. The molecule has 0 heterocycles. The molecule has 192 valence electrons. The average Bonchev–Trinajstić information content (AvgIpc) is 2.91. The minimum absolute atomic E-state index is 0.126. The second-order valence-electron chi connectivity index (χ2n) is 8.67. The summed E-state index contributed by atoms with van der Waals surface area (Å²) in [5, 5.41) is 0. The van der Waals surface area contributed by atoms with Gasteiger partial charge in [0.1, 0.15) is 11.5 Å². The predicted octanol–water partition coefficient (Wildman–Crippen LogP) is 1.59. The van der Waals surface area contributed by atoms with Crippen LogP contribution in [0.25, 0.3) is 0 Å². The number of ether oxygens (including phenoxy) is 2. The van der Waals surface area contributed by atoms with Gasteiger partial charge in [0.15, 0.2) is 0 Å². The van der Waals surface area contributed by atoms with Gasteiger partial charge in [-0.05, 0) is 61.1 Å². The van der Waals surface area contributed by atoms with Crippen molar-refractivity contribution >= 4 is 23.6 Å². The fraction of sp³-hybridized carbons (Fsp3) is 0.385. The molecule has 0 aromatic heterocycles. The van der Waals surface area contributed by atoms with Crippen molar-refractivity contribution in [1.29, 1.82) is 0 Å². The van der Waals surface area contributed by atoms with Gasteiger partial charge in [0.05, 0.1) is 27.1 Å². The quantitative estimate of drug-likeness (QED) is 0.410. The van der Waals surface area contributed by atoms with E-state index in [0.29, 0.717) is 37.2 Å². The highest BCUT2D eigenvalue weighted by atomic mass is 16.5. The van der Waals surface area contributed by atoms with E-state index in [-0.39, 0.29) is 48.3 Å². The summed E-state index contributed by atoms with van der Waals surface area (Å²) >= 11 is 0. The summed E-state index contributed by atoms with van der Waals surface area (Å²) in [5.41, 5.74) is 11.4. The maximum atomic E-state index is 12.4. The standard InChI is InChI=1S/C26H32N4O6/c1-35-21-11-3-17(4-12-21)15-23(31)27-29-25(33)19-7-9-20(10-8-19)26(34)30-28-24(32)16-18-5-13-22(36-2)14-6-18/h3-6,11-14,19-20H,7-10,15-16H2,1-2H3,(H,27,31)(H,28,32)(H,29,33)(H,30,34). The summed E-state index contributed by atoms with van der Waals surface area (Å²) in [5.74, 6) is -0.381. The summed E-state index contributed by atoms with van der Waals surface area (Å²) < 4.78 is 10.2. The summed E-state index contributed by atoms with van der Waals surface area (Å²) in [7, 11) is 3.14. The van der Waals surface area contributed by atoms with Gasteiger partial charge in [-0.2, -0.15) is 0 Å². The van der Waals surface area contributed by atoms with E-state index in [2.05, 4.69) is 21.7 Å². The molecule has 10 nitrogen and oxygen atoms in total. The Balaban J connectivity index is 1.33. The maximum absolute atomic E-state index is 12.4. The number of hydrogen-bond acceptors (Lipinski definition) is 6. The van der Waals surface area contributed by atoms with Crippen molar-refractivity contribution in [3.63, 3.8) is 0 Å².